The molecule has 0 spiro atoms. The summed E-state index contributed by atoms with van der Waals surface area (Å²) in [6, 6.07) is 7.83. The van der Waals surface area contributed by atoms with Crippen molar-refractivity contribution in [2.24, 2.45) is 17.3 Å². The number of carbonyl (C=O) groups is 1. The second-order valence-corrected chi connectivity index (χ2v) is 6.72. The lowest BCUT2D eigenvalue weighted by atomic mass is 9.97. The third kappa shape index (κ3) is 3.12. The van der Waals surface area contributed by atoms with E-state index in [2.05, 4.69) is 33.8 Å². The zero-order valence-electron chi connectivity index (χ0n) is 12.8. The van der Waals surface area contributed by atoms with Crippen LogP contribution in [0.3, 0.4) is 0 Å². The fourth-order valence-corrected chi connectivity index (χ4v) is 3.19. The van der Waals surface area contributed by atoms with E-state index in [-0.39, 0.29) is 6.42 Å². The highest BCUT2D eigenvalue weighted by atomic mass is 16.4. The van der Waals surface area contributed by atoms with E-state index in [1.54, 1.807) is 0 Å². The number of carboxylic acid groups (broad SMARTS) is 1. The van der Waals surface area contributed by atoms with E-state index in [0.29, 0.717) is 17.3 Å². The molecule has 0 radical (unpaired) electrons. The average molecular weight is 271 g/mol. The third-order valence-electron chi connectivity index (χ3n) is 4.55. The van der Waals surface area contributed by atoms with Gasteiger partial charge in [0, 0.05) is 12.4 Å². The largest absolute Gasteiger partial charge is 0.550 e. The highest BCUT2D eigenvalue weighted by molar-refractivity contribution is 5.68. The van der Waals surface area contributed by atoms with Gasteiger partial charge in [0.1, 0.15) is 0 Å². The van der Waals surface area contributed by atoms with Crippen LogP contribution in [0.25, 0.3) is 0 Å². The molecule has 2 heteroatoms. The minimum absolute atomic E-state index is 0.0105. The van der Waals surface area contributed by atoms with Gasteiger partial charge < -0.3 is 9.90 Å². The van der Waals surface area contributed by atoms with Crippen molar-refractivity contribution >= 4 is 5.97 Å². The molecule has 1 aliphatic rings. The SMILES string of the molecule is CC(C)=CC1C(Cc2ccccc2CC(=O)[O-])C1(C)C. The summed E-state index contributed by atoms with van der Waals surface area (Å²) in [5.41, 5.74) is 3.71. The molecule has 0 aromatic heterocycles. The van der Waals surface area contributed by atoms with Crippen molar-refractivity contribution in [3.8, 4) is 0 Å². The Balaban J connectivity index is 2.15. The van der Waals surface area contributed by atoms with Gasteiger partial charge in [-0.1, -0.05) is 49.8 Å². The van der Waals surface area contributed by atoms with Crippen molar-refractivity contribution in [2.75, 3.05) is 0 Å². The van der Waals surface area contributed by atoms with Gasteiger partial charge in [0.25, 0.3) is 0 Å². The number of carboxylic acids is 1. The molecule has 0 saturated heterocycles. The van der Waals surface area contributed by atoms with Gasteiger partial charge >= 0.3 is 0 Å². The summed E-state index contributed by atoms with van der Waals surface area (Å²) in [6.45, 7) is 8.86. The Hall–Kier alpha value is -1.57. The molecule has 0 amide bonds. The van der Waals surface area contributed by atoms with E-state index in [9.17, 15) is 9.90 Å². The number of aliphatic carboxylic acids is 1. The Kier molecular flexibility index (Phi) is 4.03. The van der Waals surface area contributed by atoms with Crippen molar-refractivity contribution in [1.82, 2.24) is 0 Å². The standard InChI is InChI=1S/C18H24O2/c1-12(2)9-15-16(18(15,3)4)10-13-7-5-6-8-14(13)11-17(19)20/h5-9,15-16H,10-11H2,1-4H3,(H,19,20)/p-1. The molecule has 2 atom stereocenters. The third-order valence-corrected chi connectivity index (χ3v) is 4.55. The minimum Gasteiger partial charge on any atom is -0.550 e. The number of hydrogen-bond acceptors (Lipinski definition) is 2. The monoisotopic (exact) mass is 271 g/mol. The first-order chi connectivity index (χ1) is 9.32. The summed E-state index contributed by atoms with van der Waals surface area (Å²) < 4.78 is 0. The van der Waals surface area contributed by atoms with Crippen molar-refractivity contribution < 1.29 is 9.90 Å². The highest BCUT2D eigenvalue weighted by Crippen LogP contribution is 2.60. The zero-order valence-corrected chi connectivity index (χ0v) is 12.8. The zero-order chi connectivity index (χ0) is 14.9. The molecule has 1 aromatic rings. The maximum Gasteiger partial charge on any atom is 0.0458 e. The van der Waals surface area contributed by atoms with E-state index >= 15 is 0 Å². The quantitative estimate of drug-likeness (QED) is 0.773. The normalized spacial score (nSPS) is 23.2. The number of benzene rings is 1. The van der Waals surface area contributed by atoms with Gasteiger partial charge in [0.2, 0.25) is 0 Å². The van der Waals surface area contributed by atoms with Gasteiger partial charge in [0.15, 0.2) is 0 Å². The maximum absolute atomic E-state index is 10.8. The Morgan fingerprint density at radius 2 is 1.85 bits per heavy atom. The molecule has 0 aliphatic heterocycles. The summed E-state index contributed by atoms with van der Waals surface area (Å²) in [5.74, 6) is 0.192. The molecule has 1 aliphatic carbocycles. The fourth-order valence-electron chi connectivity index (χ4n) is 3.19. The molecule has 1 aromatic carbocycles. The maximum atomic E-state index is 10.8. The van der Waals surface area contributed by atoms with Crippen molar-refractivity contribution in [2.45, 2.75) is 40.5 Å². The molecular formula is C18H23O2-. The van der Waals surface area contributed by atoms with Crippen molar-refractivity contribution in [1.29, 1.82) is 0 Å². The first kappa shape index (κ1) is 14.8. The van der Waals surface area contributed by atoms with Crippen LogP contribution in [0, 0.1) is 17.3 Å². The van der Waals surface area contributed by atoms with Crippen molar-refractivity contribution in [3.63, 3.8) is 0 Å². The summed E-state index contributed by atoms with van der Waals surface area (Å²) in [6.07, 6.45) is 3.31. The predicted octanol–water partition coefficient (Wildman–Crippen LogP) is 2.76. The Bertz CT molecular complexity index is 536. The van der Waals surface area contributed by atoms with E-state index in [1.807, 2.05) is 24.3 Å². The first-order valence-electron chi connectivity index (χ1n) is 7.24. The lowest BCUT2D eigenvalue weighted by Gasteiger charge is -2.10. The van der Waals surface area contributed by atoms with E-state index in [1.165, 1.54) is 5.57 Å². The summed E-state index contributed by atoms with van der Waals surface area (Å²) in [7, 11) is 0. The smallest absolute Gasteiger partial charge is 0.0458 e. The van der Waals surface area contributed by atoms with Gasteiger partial charge in [-0.3, -0.25) is 0 Å². The molecule has 0 bridgehead atoms. The Labute approximate surface area is 121 Å². The molecule has 0 heterocycles. The van der Waals surface area contributed by atoms with Gasteiger partial charge in [-0.05, 0) is 48.6 Å². The van der Waals surface area contributed by atoms with Gasteiger partial charge in [0.05, 0.1) is 0 Å². The molecule has 1 saturated carbocycles. The molecular weight excluding hydrogens is 248 g/mol. The van der Waals surface area contributed by atoms with Crippen LogP contribution < -0.4 is 5.11 Å². The van der Waals surface area contributed by atoms with E-state index < -0.39 is 5.97 Å². The summed E-state index contributed by atoms with van der Waals surface area (Å²) >= 11 is 0. The lowest BCUT2D eigenvalue weighted by Crippen LogP contribution is -2.25. The number of hydrogen-bond donors (Lipinski definition) is 0. The highest BCUT2D eigenvalue weighted by Gasteiger charge is 2.55. The topological polar surface area (TPSA) is 40.1 Å². The minimum atomic E-state index is -1.01. The van der Waals surface area contributed by atoms with Gasteiger partial charge in [-0.2, -0.15) is 0 Å². The molecule has 1 fully saturated rings. The molecule has 2 nitrogen and oxygen atoms in total. The molecule has 2 unspecified atom stereocenters. The molecule has 2 rings (SSSR count). The van der Waals surface area contributed by atoms with Gasteiger partial charge in [-0.15, -0.1) is 0 Å². The van der Waals surface area contributed by atoms with Crippen LogP contribution in [-0.2, 0) is 17.6 Å². The van der Waals surface area contributed by atoms with Crippen LogP contribution >= 0.6 is 0 Å². The van der Waals surface area contributed by atoms with E-state index in [4.69, 9.17) is 0 Å². The Morgan fingerprint density at radius 3 is 2.40 bits per heavy atom. The van der Waals surface area contributed by atoms with Crippen LogP contribution in [0.4, 0.5) is 0 Å². The predicted molar refractivity (Wildman–Crippen MR) is 79.0 cm³/mol. The first-order valence-corrected chi connectivity index (χ1v) is 7.24. The second kappa shape index (κ2) is 5.43. The van der Waals surface area contributed by atoms with E-state index in [0.717, 1.165) is 17.5 Å². The second-order valence-electron chi connectivity index (χ2n) is 6.72. The molecule has 0 N–H and O–H groups in total. The van der Waals surface area contributed by atoms with Crippen LogP contribution in [0.1, 0.15) is 38.8 Å². The Morgan fingerprint density at radius 1 is 1.25 bits per heavy atom. The summed E-state index contributed by atoms with van der Waals surface area (Å²) in [5, 5.41) is 10.8. The lowest BCUT2D eigenvalue weighted by molar-refractivity contribution is -0.304. The van der Waals surface area contributed by atoms with Crippen LogP contribution in [0.2, 0.25) is 0 Å². The van der Waals surface area contributed by atoms with Crippen LogP contribution in [0.15, 0.2) is 35.9 Å². The average Bonchev–Trinajstić information content (AvgIpc) is 2.82. The molecule has 108 valence electrons. The number of carbonyl (C=O) groups excluding carboxylic acids is 1. The van der Waals surface area contributed by atoms with Crippen LogP contribution in [0.5, 0.6) is 0 Å². The number of rotatable bonds is 5. The number of allylic oxidation sites excluding steroid dienone is 2. The van der Waals surface area contributed by atoms with Crippen LogP contribution in [-0.4, -0.2) is 5.97 Å². The van der Waals surface area contributed by atoms with Crippen molar-refractivity contribution in [3.05, 3.63) is 47.0 Å². The molecule has 20 heavy (non-hydrogen) atoms. The summed E-state index contributed by atoms with van der Waals surface area (Å²) in [4.78, 5) is 10.8. The fraction of sp³-hybridized carbons (Fsp3) is 0.500. The van der Waals surface area contributed by atoms with Gasteiger partial charge in [-0.25, -0.2) is 0 Å².